The molecule has 0 aliphatic heterocycles. The number of ether oxygens (including phenoxy) is 1. The molecule has 2 N–H and O–H groups in total. The maximum Gasteiger partial charge on any atom is 0.260 e. The number of hydrogen-bond acceptors (Lipinski definition) is 4. The van der Waals surface area contributed by atoms with Crippen molar-refractivity contribution in [3.63, 3.8) is 0 Å². The number of aliphatic hydroxyl groups excluding tert-OH is 1. The maximum atomic E-state index is 12.3. The quantitative estimate of drug-likeness (QED) is 0.856. The van der Waals surface area contributed by atoms with Gasteiger partial charge in [-0.3, -0.25) is 9.48 Å². The van der Waals surface area contributed by atoms with E-state index in [-0.39, 0.29) is 19.1 Å². The number of carbonyl (C=O) groups excluding carboxylic acids is 1. The van der Waals surface area contributed by atoms with Gasteiger partial charge in [-0.05, 0) is 38.1 Å². The van der Waals surface area contributed by atoms with Crippen LogP contribution >= 0.6 is 11.6 Å². The van der Waals surface area contributed by atoms with Crippen molar-refractivity contribution in [3.8, 4) is 5.75 Å². The second kappa shape index (κ2) is 7.29. The first-order chi connectivity index (χ1) is 10.6. The van der Waals surface area contributed by atoms with Crippen LogP contribution in [-0.4, -0.2) is 34.0 Å². The average molecular weight is 324 g/mol. The van der Waals surface area contributed by atoms with Crippen LogP contribution in [-0.2, 0) is 6.54 Å². The Morgan fingerprint density at radius 1 is 1.41 bits per heavy atom. The number of aromatic nitrogens is 2. The summed E-state index contributed by atoms with van der Waals surface area (Å²) in [7, 11) is 0. The lowest BCUT2D eigenvalue weighted by Gasteiger charge is -2.07. The van der Waals surface area contributed by atoms with Crippen LogP contribution in [0.15, 0.2) is 24.3 Å². The third-order valence-corrected chi connectivity index (χ3v) is 3.45. The van der Waals surface area contributed by atoms with Crippen LogP contribution in [0.5, 0.6) is 5.75 Å². The smallest absolute Gasteiger partial charge is 0.260 e. The van der Waals surface area contributed by atoms with Gasteiger partial charge in [-0.25, -0.2) is 0 Å². The second-order valence-electron chi connectivity index (χ2n) is 4.62. The molecule has 0 unspecified atom stereocenters. The standard InChI is InChI=1S/C15H18ClN3O3/c1-3-19-14(16)13(10(2)18-19)15(21)17-11-4-6-12(7-5-11)22-9-8-20/h4-7,20H,3,8-9H2,1-2H3,(H,17,21). The van der Waals surface area contributed by atoms with Crippen molar-refractivity contribution in [2.45, 2.75) is 20.4 Å². The summed E-state index contributed by atoms with van der Waals surface area (Å²) in [6.45, 7) is 4.45. The van der Waals surface area contributed by atoms with Crippen LogP contribution in [0, 0.1) is 6.92 Å². The molecular weight excluding hydrogens is 306 g/mol. The van der Waals surface area contributed by atoms with Crippen molar-refractivity contribution < 1.29 is 14.6 Å². The number of halogens is 1. The largest absolute Gasteiger partial charge is 0.491 e. The fourth-order valence-electron chi connectivity index (χ4n) is 2.01. The highest BCUT2D eigenvalue weighted by molar-refractivity contribution is 6.33. The molecule has 0 fully saturated rings. The Bertz CT molecular complexity index is 653. The Hall–Kier alpha value is -2.05. The fraction of sp³-hybridized carbons (Fsp3) is 0.333. The molecule has 1 aromatic carbocycles. The lowest BCUT2D eigenvalue weighted by atomic mass is 10.2. The molecule has 22 heavy (non-hydrogen) atoms. The van der Waals surface area contributed by atoms with Gasteiger partial charge in [0.05, 0.1) is 17.9 Å². The minimum Gasteiger partial charge on any atom is -0.491 e. The molecule has 2 aromatic rings. The van der Waals surface area contributed by atoms with Gasteiger partial charge in [-0.1, -0.05) is 11.6 Å². The number of hydrogen-bond donors (Lipinski definition) is 2. The fourth-order valence-corrected chi connectivity index (χ4v) is 2.39. The van der Waals surface area contributed by atoms with Crippen molar-refractivity contribution in [2.75, 3.05) is 18.5 Å². The Morgan fingerprint density at radius 3 is 2.64 bits per heavy atom. The normalized spacial score (nSPS) is 10.5. The number of aliphatic hydroxyl groups is 1. The van der Waals surface area contributed by atoms with Gasteiger partial charge in [0, 0.05) is 12.2 Å². The summed E-state index contributed by atoms with van der Waals surface area (Å²) >= 11 is 6.17. The van der Waals surface area contributed by atoms with Crippen LogP contribution in [0.4, 0.5) is 5.69 Å². The summed E-state index contributed by atoms with van der Waals surface area (Å²) in [5.41, 5.74) is 1.59. The van der Waals surface area contributed by atoms with E-state index in [0.717, 1.165) is 0 Å². The van der Waals surface area contributed by atoms with Crippen molar-refractivity contribution in [3.05, 3.63) is 40.7 Å². The molecule has 0 bridgehead atoms. The summed E-state index contributed by atoms with van der Waals surface area (Å²) in [6, 6.07) is 6.88. The molecule has 0 spiro atoms. The van der Waals surface area contributed by atoms with Crippen molar-refractivity contribution in [2.24, 2.45) is 0 Å². The molecule has 0 saturated carbocycles. The van der Waals surface area contributed by atoms with Gasteiger partial charge in [0.25, 0.3) is 5.91 Å². The number of carbonyl (C=O) groups is 1. The third-order valence-electron chi connectivity index (χ3n) is 3.06. The minimum absolute atomic E-state index is 0.0440. The Kier molecular flexibility index (Phi) is 5.41. The molecule has 2 rings (SSSR count). The van der Waals surface area contributed by atoms with Gasteiger partial charge < -0.3 is 15.2 Å². The molecule has 1 aromatic heterocycles. The number of nitrogens with one attached hydrogen (secondary N) is 1. The molecule has 0 saturated heterocycles. The van der Waals surface area contributed by atoms with Crippen molar-refractivity contribution >= 4 is 23.2 Å². The van der Waals surface area contributed by atoms with Crippen LogP contribution in [0.1, 0.15) is 23.0 Å². The van der Waals surface area contributed by atoms with E-state index >= 15 is 0 Å². The number of aryl methyl sites for hydroxylation is 2. The van der Waals surface area contributed by atoms with Crippen LogP contribution in [0.25, 0.3) is 0 Å². The monoisotopic (exact) mass is 323 g/mol. The van der Waals surface area contributed by atoms with E-state index in [4.69, 9.17) is 21.4 Å². The Morgan fingerprint density at radius 2 is 2.09 bits per heavy atom. The topological polar surface area (TPSA) is 76.4 Å². The number of rotatable bonds is 6. The second-order valence-corrected chi connectivity index (χ2v) is 4.98. The summed E-state index contributed by atoms with van der Waals surface area (Å²) in [6.07, 6.45) is 0. The number of amides is 1. The maximum absolute atomic E-state index is 12.3. The SMILES string of the molecule is CCn1nc(C)c(C(=O)Nc2ccc(OCCO)cc2)c1Cl. The predicted octanol–water partition coefficient (Wildman–Crippen LogP) is 2.49. The van der Waals surface area contributed by atoms with E-state index in [1.807, 2.05) is 6.92 Å². The van der Waals surface area contributed by atoms with Gasteiger partial charge in [-0.15, -0.1) is 0 Å². The summed E-state index contributed by atoms with van der Waals surface area (Å²) in [5, 5.41) is 16.0. The first-order valence-corrected chi connectivity index (χ1v) is 7.32. The molecule has 0 radical (unpaired) electrons. The lowest BCUT2D eigenvalue weighted by molar-refractivity contribution is 0.102. The van der Waals surface area contributed by atoms with E-state index in [9.17, 15) is 4.79 Å². The highest BCUT2D eigenvalue weighted by atomic mass is 35.5. The molecule has 1 heterocycles. The predicted molar refractivity (Wildman–Crippen MR) is 84.6 cm³/mol. The highest BCUT2D eigenvalue weighted by Crippen LogP contribution is 2.22. The lowest BCUT2D eigenvalue weighted by Crippen LogP contribution is -2.13. The van der Waals surface area contributed by atoms with E-state index in [1.165, 1.54) is 0 Å². The van der Waals surface area contributed by atoms with E-state index < -0.39 is 0 Å². The van der Waals surface area contributed by atoms with E-state index in [2.05, 4.69) is 10.4 Å². The summed E-state index contributed by atoms with van der Waals surface area (Å²) in [5.74, 6) is 0.325. The molecule has 7 heteroatoms. The molecule has 0 aliphatic rings. The zero-order chi connectivity index (χ0) is 16.1. The zero-order valence-corrected chi connectivity index (χ0v) is 13.2. The first-order valence-electron chi connectivity index (χ1n) is 6.94. The minimum atomic E-state index is -0.300. The summed E-state index contributed by atoms with van der Waals surface area (Å²) in [4.78, 5) is 12.3. The first kappa shape index (κ1) is 16.3. The van der Waals surface area contributed by atoms with Crippen LogP contribution < -0.4 is 10.1 Å². The average Bonchev–Trinajstić information content (AvgIpc) is 2.80. The van der Waals surface area contributed by atoms with Gasteiger partial charge in [0.15, 0.2) is 0 Å². The van der Waals surface area contributed by atoms with Crippen molar-refractivity contribution in [1.29, 1.82) is 0 Å². The molecule has 6 nitrogen and oxygen atoms in total. The van der Waals surface area contributed by atoms with Crippen LogP contribution in [0.3, 0.4) is 0 Å². The van der Waals surface area contributed by atoms with E-state index in [1.54, 1.807) is 35.9 Å². The summed E-state index contributed by atoms with van der Waals surface area (Å²) < 4.78 is 6.84. The zero-order valence-electron chi connectivity index (χ0n) is 12.5. The van der Waals surface area contributed by atoms with Crippen LogP contribution in [0.2, 0.25) is 5.15 Å². The Balaban J connectivity index is 2.10. The molecule has 1 amide bonds. The molecular formula is C15H18ClN3O3. The van der Waals surface area contributed by atoms with E-state index in [0.29, 0.717) is 34.4 Å². The molecule has 118 valence electrons. The van der Waals surface area contributed by atoms with Gasteiger partial charge >= 0.3 is 0 Å². The number of nitrogens with zero attached hydrogens (tertiary/aromatic N) is 2. The molecule has 0 atom stereocenters. The van der Waals surface area contributed by atoms with Gasteiger partial charge in [-0.2, -0.15) is 5.10 Å². The van der Waals surface area contributed by atoms with Crippen molar-refractivity contribution in [1.82, 2.24) is 9.78 Å². The number of benzene rings is 1. The van der Waals surface area contributed by atoms with Gasteiger partial charge in [0.2, 0.25) is 0 Å². The molecule has 0 aliphatic carbocycles. The third kappa shape index (κ3) is 3.58. The highest BCUT2D eigenvalue weighted by Gasteiger charge is 2.19. The Labute approximate surface area is 133 Å². The number of anilines is 1. The van der Waals surface area contributed by atoms with Gasteiger partial charge in [0.1, 0.15) is 17.5 Å².